The molecule has 0 spiro atoms. The highest BCUT2D eigenvalue weighted by Crippen LogP contribution is 2.24. The molecular formula is C19H22ClNO3. The number of benzene rings is 2. The summed E-state index contributed by atoms with van der Waals surface area (Å²) in [5.74, 6) is 1.24. The molecule has 4 nitrogen and oxygen atoms in total. The van der Waals surface area contributed by atoms with Gasteiger partial charge in [-0.1, -0.05) is 36.7 Å². The van der Waals surface area contributed by atoms with Crippen LogP contribution < -0.4 is 14.8 Å². The number of hydrogen-bond acceptors (Lipinski definition) is 3. The highest BCUT2D eigenvalue weighted by molar-refractivity contribution is 6.30. The lowest BCUT2D eigenvalue weighted by Gasteiger charge is -2.19. The van der Waals surface area contributed by atoms with Crippen LogP contribution in [0.4, 0.5) is 0 Å². The standard InChI is InChI=1S/C19H22ClNO3/c1-4-17(14-8-9-18(23-3)13(2)10-14)21-19(22)12-24-16-7-5-6-15(20)11-16/h5-11,17H,4,12H2,1-3H3,(H,21,22)/t17-/m0/s1. The number of hydrogen-bond donors (Lipinski definition) is 1. The van der Waals surface area contributed by atoms with Crippen molar-refractivity contribution in [3.05, 3.63) is 58.6 Å². The summed E-state index contributed by atoms with van der Waals surface area (Å²) in [6.07, 6.45) is 0.786. The summed E-state index contributed by atoms with van der Waals surface area (Å²) in [7, 11) is 1.65. The van der Waals surface area contributed by atoms with Crippen LogP contribution in [0, 0.1) is 6.92 Å². The van der Waals surface area contributed by atoms with E-state index in [1.807, 2.05) is 32.0 Å². The zero-order chi connectivity index (χ0) is 17.5. The molecular weight excluding hydrogens is 326 g/mol. The molecule has 2 rings (SSSR count). The number of methoxy groups -OCH3 is 1. The Bertz CT molecular complexity index is 703. The first kappa shape index (κ1) is 18.1. The Hall–Kier alpha value is -2.20. The number of carbonyl (C=O) groups excluding carboxylic acids is 1. The van der Waals surface area contributed by atoms with E-state index in [1.165, 1.54) is 0 Å². The average Bonchev–Trinajstić information content (AvgIpc) is 2.58. The third kappa shape index (κ3) is 4.90. The molecule has 0 bridgehead atoms. The smallest absolute Gasteiger partial charge is 0.258 e. The summed E-state index contributed by atoms with van der Waals surface area (Å²) < 4.78 is 10.7. The van der Waals surface area contributed by atoms with Crippen molar-refractivity contribution in [3.8, 4) is 11.5 Å². The van der Waals surface area contributed by atoms with Crippen molar-refractivity contribution >= 4 is 17.5 Å². The minimum Gasteiger partial charge on any atom is -0.496 e. The second-order valence-corrected chi connectivity index (χ2v) is 5.94. The first-order valence-corrected chi connectivity index (χ1v) is 8.23. The van der Waals surface area contributed by atoms with Crippen LogP contribution in [-0.4, -0.2) is 19.6 Å². The van der Waals surface area contributed by atoms with Crippen LogP contribution in [0.5, 0.6) is 11.5 Å². The molecule has 0 heterocycles. The van der Waals surface area contributed by atoms with Crippen molar-refractivity contribution in [2.45, 2.75) is 26.3 Å². The Kier molecular flexibility index (Phi) is 6.50. The maximum absolute atomic E-state index is 12.2. The molecule has 0 aromatic heterocycles. The Morgan fingerprint density at radius 2 is 2.04 bits per heavy atom. The van der Waals surface area contributed by atoms with Crippen molar-refractivity contribution in [1.82, 2.24) is 5.32 Å². The lowest BCUT2D eigenvalue weighted by atomic mass is 10.0. The summed E-state index contributed by atoms with van der Waals surface area (Å²) >= 11 is 5.90. The van der Waals surface area contributed by atoms with Gasteiger partial charge in [0.2, 0.25) is 0 Å². The first-order valence-electron chi connectivity index (χ1n) is 7.85. The van der Waals surface area contributed by atoms with Crippen LogP contribution in [0.1, 0.15) is 30.5 Å². The normalized spacial score (nSPS) is 11.7. The molecule has 1 N–H and O–H groups in total. The van der Waals surface area contributed by atoms with E-state index in [0.717, 1.165) is 23.3 Å². The second kappa shape index (κ2) is 8.60. The topological polar surface area (TPSA) is 47.6 Å². The highest BCUT2D eigenvalue weighted by atomic mass is 35.5. The molecule has 1 amide bonds. The van der Waals surface area contributed by atoms with E-state index in [9.17, 15) is 4.79 Å². The van der Waals surface area contributed by atoms with Gasteiger partial charge in [-0.25, -0.2) is 0 Å². The van der Waals surface area contributed by atoms with E-state index in [1.54, 1.807) is 31.4 Å². The molecule has 1 atom stereocenters. The van der Waals surface area contributed by atoms with Gasteiger partial charge in [0.25, 0.3) is 5.91 Å². The molecule has 0 saturated carbocycles. The van der Waals surface area contributed by atoms with Crippen LogP contribution in [0.15, 0.2) is 42.5 Å². The monoisotopic (exact) mass is 347 g/mol. The third-order valence-corrected chi connectivity index (χ3v) is 3.97. The quantitative estimate of drug-likeness (QED) is 0.812. The first-order chi connectivity index (χ1) is 11.5. The minimum atomic E-state index is -0.171. The van der Waals surface area contributed by atoms with Crippen molar-refractivity contribution < 1.29 is 14.3 Å². The number of ether oxygens (including phenoxy) is 2. The van der Waals surface area contributed by atoms with Crippen molar-refractivity contribution in [1.29, 1.82) is 0 Å². The number of aryl methyl sites for hydroxylation is 1. The van der Waals surface area contributed by atoms with E-state index >= 15 is 0 Å². The largest absolute Gasteiger partial charge is 0.496 e. The van der Waals surface area contributed by atoms with Gasteiger partial charge in [-0.3, -0.25) is 4.79 Å². The summed E-state index contributed by atoms with van der Waals surface area (Å²) in [6.45, 7) is 3.97. The maximum atomic E-state index is 12.2. The van der Waals surface area contributed by atoms with Crippen LogP contribution in [0.25, 0.3) is 0 Å². The van der Waals surface area contributed by atoms with Gasteiger partial charge in [-0.05, 0) is 48.7 Å². The molecule has 0 fully saturated rings. The fraction of sp³-hybridized carbons (Fsp3) is 0.316. The Labute approximate surface area is 147 Å². The van der Waals surface area contributed by atoms with Crippen molar-refractivity contribution in [2.24, 2.45) is 0 Å². The van der Waals surface area contributed by atoms with Gasteiger partial charge in [0, 0.05) is 5.02 Å². The maximum Gasteiger partial charge on any atom is 0.258 e. The van der Waals surface area contributed by atoms with Gasteiger partial charge in [0.1, 0.15) is 11.5 Å². The van der Waals surface area contributed by atoms with Gasteiger partial charge in [0.15, 0.2) is 6.61 Å². The molecule has 0 aliphatic heterocycles. The zero-order valence-corrected chi connectivity index (χ0v) is 14.9. The van der Waals surface area contributed by atoms with E-state index < -0.39 is 0 Å². The van der Waals surface area contributed by atoms with Gasteiger partial charge in [-0.15, -0.1) is 0 Å². The number of halogens is 1. The van der Waals surface area contributed by atoms with Crippen LogP contribution in [-0.2, 0) is 4.79 Å². The van der Waals surface area contributed by atoms with Crippen LogP contribution >= 0.6 is 11.6 Å². The van der Waals surface area contributed by atoms with Crippen molar-refractivity contribution in [2.75, 3.05) is 13.7 Å². The molecule has 128 valence electrons. The predicted molar refractivity (Wildman–Crippen MR) is 95.9 cm³/mol. The highest BCUT2D eigenvalue weighted by Gasteiger charge is 2.14. The molecule has 2 aromatic carbocycles. The summed E-state index contributed by atoms with van der Waals surface area (Å²) in [6, 6.07) is 12.8. The molecule has 0 radical (unpaired) electrons. The lowest BCUT2D eigenvalue weighted by molar-refractivity contribution is -0.123. The predicted octanol–water partition coefficient (Wildman–Crippen LogP) is 4.30. The average molecular weight is 348 g/mol. The van der Waals surface area contributed by atoms with E-state index in [0.29, 0.717) is 10.8 Å². The fourth-order valence-electron chi connectivity index (χ4n) is 2.48. The number of rotatable bonds is 7. The molecule has 0 aliphatic rings. The molecule has 5 heteroatoms. The second-order valence-electron chi connectivity index (χ2n) is 5.50. The summed E-state index contributed by atoms with van der Waals surface area (Å²) in [4.78, 5) is 12.2. The van der Waals surface area contributed by atoms with E-state index in [2.05, 4.69) is 5.32 Å². The fourth-order valence-corrected chi connectivity index (χ4v) is 2.66. The Balaban J connectivity index is 1.96. The molecule has 0 aliphatic carbocycles. The lowest BCUT2D eigenvalue weighted by Crippen LogP contribution is -2.32. The SMILES string of the molecule is CC[C@H](NC(=O)COc1cccc(Cl)c1)c1ccc(OC)c(C)c1. The Morgan fingerprint density at radius 3 is 2.67 bits per heavy atom. The van der Waals surface area contributed by atoms with E-state index in [4.69, 9.17) is 21.1 Å². The third-order valence-electron chi connectivity index (χ3n) is 3.73. The van der Waals surface area contributed by atoms with Gasteiger partial charge < -0.3 is 14.8 Å². The number of nitrogens with one attached hydrogen (secondary N) is 1. The van der Waals surface area contributed by atoms with Crippen molar-refractivity contribution in [3.63, 3.8) is 0 Å². The Morgan fingerprint density at radius 1 is 1.25 bits per heavy atom. The van der Waals surface area contributed by atoms with Gasteiger partial charge >= 0.3 is 0 Å². The molecule has 24 heavy (non-hydrogen) atoms. The number of amides is 1. The molecule has 0 unspecified atom stereocenters. The summed E-state index contributed by atoms with van der Waals surface area (Å²) in [5, 5.41) is 3.57. The van der Waals surface area contributed by atoms with E-state index in [-0.39, 0.29) is 18.6 Å². The number of carbonyl (C=O) groups is 1. The van der Waals surface area contributed by atoms with Crippen LogP contribution in [0.3, 0.4) is 0 Å². The van der Waals surface area contributed by atoms with Crippen LogP contribution in [0.2, 0.25) is 5.02 Å². The van der Waals surface area contributed by atoms with Gasteiger partial charge in [-0.2, -0.15) is 0 Å². The minimum absolute atomic E-state index is 0.0496. The van der Waals surface area contributed by atoms with Gasteiger partial charge in [0.05, 0.1) is 13.2 Å². The molecule has 2 aromatic rings. The molecule has 0 saturated heterocycles. The zero-order valence-electron chi connectivity index (χ0n) is 14.1. The summed E-state index contributed by atoms with van der Waals surface area (Å²) in [5.41, 5.74) is 2.09.